The van der Waals surface area contributed by atoms with E-state index in [2.05, 4.69) is 13.8 Å². The van der Waals surface area contributed by atoms with E-state index >= 15 is 0 Å². The van der Waals surface area contributed by atoms with Gasteiger partial charge in [-0.05, 0) is 55.7 Å². The minimum absolute atomic E-state index is 0.0542. The number of carbonyl (C=O) groups is 1. The molecule has 21 heavy (non-hydrogen) atoms. The lowest BCUT2D eigenvalue weighted by Gasteiger charge is -2.23. The van der Waals surface area contributed by atoms with Crippen molar-refractivity contribution in [3.63, 3.8) is 0 Å². The van der Waals surface area contributed by atoms with Crippen LogP contribution >= 0.6 is 0 Å². The predicted molar refractivity (Wildman–Crippen MR) is 83.1 cm³/mol. The smallest absolute Gasteiger partial charge is 0.312 e. The molecular formula is C18H26O3. The van der Waals surface area contributed by atoms with Crippen LogP contribution in [-0.4, -0.2) is 13.1 Å². The van der Waals surface area contributed by atoms with Crippen LogP contribution in [0.2, 0.25) is 0 Å². The van der Waals surface area contributed by atoms with Crippen molar-refractivity contribution in [2.45, 2.75) is 46.6 Å². The first-order chi connectivity index (χ1) is 9.94. The van der Waals surface area contributed by atoms with Crippen molar-refractivity contribution in [2.24, 2.45) is 17.3 Å². The molecule has 3 heteroatoms. The van der Waals surface area contributed by atoms with Gasteiger partial charge >= 0.3 is 5.97 Å². The third-order valence-electron chi connectivity index (χ3n) is 4.74. The molecule has 0 aliphatic heterocycles. The highest BCUT2D eigenvalue weighted by Gasteiger charge is 2.43. The monoisotopic (exact) mass is 290 g/mol. The van der Waals surface area contributed by atoms with Crippen molar-refractivity contribution in [3.8, 4) is 5.75 Å². The lowest BCUT2D eigenvalue weighted by Crippen LogP contribution is -2.27. The summed E-state index contributed by atoms with van der Waals surface area (Å²) in [5, 5.41) is 0. The van der Waals surface area contributed by atoms with E-state index in [9.17, 15) is 4.79 Å². The molecule has 0 radical (unpaired) electrons. The first-order valence-corrected chi connectivity index (χ1v) is 7.75. The topological polar surface area (TPSA) is 35.5 Å². The van der Waals surface area contributed by atoms with Crippen LogP contribution in [0.5, 0.6) is 5.75 Å². The summed E-state index contributed by atoms with van der Waals surface area (Å²) < 4.78 is 10.7. The standard InChI is InChI=1S/C18H26O3/c1-13(2)15-9-10-18(3,11-15)17(19)21-12-14-5-7-16(20-4)8-6-14/h5-8,13,15H,9-12H2,1-4H3. The summed E-state index contributed by atoms with van der Waals surface area (Å²) >= 11 is 0. The Hall–Kier alpha value is -1.51. The van der Waals surface area contributed by atoms with Crippen LogP contribution in [0.3, 0.4) is 0 Å². The van der Waals surface area contributed by atoms with Gasteiger partial charge in [0.05, 0.1) is 12.5 Å². The molecule has 0 N–H and O–H groups in total. The van der Waals surface area contributed by atoms with Gasteiger partial charge in [0.2, 0.25) is 0 Å². The van der Waals surface area contributed by atoms with Crippen molar-refractivity contribution < 1.29 is 14.3 Å². The van der Waals surface area contributed by atoms with E-state index in [1.54, 1.807) is 7.11 Å². The van der Waals surface area contributed by atoms with E-state index in [0.29, 0.717) is 18.4 Å². The molecule has 0 saturated heterocycles. The Balaban J connectivity index is 1.89. The maximum absolute atomic E-state index is 12.4. The van der Waals surface area contributed by atoms with Crippen LogP contribution in [0, 0.1) is 17.3 Å². The van der Waals surface area contributed by atoms with Gasteiger partial charge in [-0.25, -0.2) is 0 Å². The largest absolute Gasteiger partial charge is 0.497 e. The number of esters is 1. The Bertz CT molecular complexity index is 478. The maximum atomic E-state index is 12.4. The molecule has 0 aromatic heterocycles. The second-order valence-corrected chi connectivity index (χ2v) is 6.73. The van der Waals surface area contributed by atoms with Crippen LogP contribution in [0.4, 0.5) is 0 Å². The summed E-state index contributed by atoms with van der Waals surface area (Å²) in [6.45, 7) is 6.86. The fourth-order valence-corrected chi connectivity index (χ4v) is 3.09. The second kappa shape index (κ2) is 6.50. The van der Waals surface area contributed by atoms with Crippen molar-refractivity contribution in [3.05, 3.63) is 29.8 Å². The summed E-state index contributed by atoms with van der Waals surface area (Å²) in [6, 6.07) is 7.63. The Morgan fingerprint density at radius 3 is 2.52 bits per heavy atom. The van der Waals surface area contributed by atoms with Gasteiger partial charge in [0.15, 0.2) is 0 Å². The average Bonchev–Trinajstić information content (AvgIpc) is 2.89. The quantitative estimate of drug-likeness (QED) is 0.762. The number of hydrogen-bond acceptors (Lipinski definition) is 3. The molecule has 116 valence electrons. The lowest BCUT2D eigenvalue weighted by molar-refractivity contribution is -0.156. The van der Waals surface area contributed by atoms with E-state index in [1.807, 2.05) is 31.2 Å². The van der Waals surface area contributed by atoms with Crippen molar-refractivity contribution in [1.82, 2.24) is 0 Å². The summed E-state index contributed by atoms with van der Waals surface area (Å²) in [7, 11) is 1.64. The number of rotatable bonds is 5. The third-order valence-corrected chi connectivity index (χ3v) is 4.74. The molecule has 1 aliphatic carbocycles. The zero-order chi connectivity index (χ0) is 15.5. The Morgan fingerprint density at radius 2 is 2.00 bits per heavy atom. The zero-order valence-corrected chi connectivity index (χ0v) is 13.5. The fraction of sp³-hybridized carbons (Fsp3) is 0.611. The molecule has 1 fully saturated rings. The summed E-state index contributed by atoms with van der Waals surface area (Å²) in [5.74, 6) is 2.04. The van der Waals surface area contributed by atoms with Gasteiger partial charge in [-0.2, -0.15) is 0 Å². The van der Waals surface area contributed by atoms with Crippen LogP contribution < -0.4 is 4.74 Å². The molecule has 0 amide bonds. The maximum Gasteiger partial charge on any atom is 0.312 e. The SMILES string of the molecule is COc1ccc(COC(=O)C2(C)CCC(C(C)C)C2)cc1. The highest BCUT2D eigenvalue weighted by Crippen LogP contribution is 2.45. The number of carbonyl (C=O) groups excluding carboxylic acids is 1. The van der Waals surface area contributed by atoms with Crippen molar-refractivity contribution in [1.29, 1.82) is 0 Å². The van der Waals surface area contributed by atoms with E-state index in [0.717, 1.165) is 30.6 Å². The molecule has 1 saturated carbocycles. The Labute approximate surface area is 127 Å². The fourth-order valence-electron chi connectivity index (χ4n) is 3.09. The Morgan fingerprint density at radius 1 is 1.33 bits per heavy atom. The van der Waals surface area contributed by atoms with Gasteiger partial charge in [0.1, 0.15) is 12.4 Å². The molecule has 2 rings (SSSR count). The molecule has 1 aromatic rings. The van der Waals surface area contributed by atoms with Crippen LogP contribution in [0.25, 0.3) is 0 Å². The Kier molecular flexibility index (Phi) is 4.92. The average molecular weight is 290 g/mol. The molecule has 0 heterocycles. The molecule has 0 bridgehead atoms. The van der Waals surface area contributed by atoms with Gasteiger partial charge in [-0.1, -0.05) is 26.0 Å². The van der Waals surface area contributed by atoms with Crippen LogP contribution in [-0.2, 0) is 16.1 Å². The number of methoxy groups -OCH3 is 1. The van der Waals surface area contributed by atoms with Gasteiger partial charge in [-0.3, -0.25) is 4.79 Å². The van der Waals surface area contributed by atoms with Gasteiger partial charge in [0, 0.05) is 0 Å². The summed E-state index contributed by atoms with van der Waals surface area (Å²) in [6.07, 6.45) is 3.02. The minimum Gasteiger partial charge on any atom is -0.497 e. The number of ether oxygens (including phenoxy) is 2. The predicted octanol–water partition coefficient (Wildman–Crippen LogP) is 4.20. The molecule has 3 nitrogen and oxygen atoms in total. The van der Waals surface area contributed by atoms with E-state index in [4.69, 9.17) is 9.47 Å². The molecule has 0 spiro atoms. The van der Waals surface area contributed by atoms with Crippen molar-refractivity contribution >= 4 is 5.97 Å². The third kappa shape index (κ3) is 3.78. The zero-order valence-electron chi connectivity index (χ0n) is 13.5. The normalized spacial score (nSPS) is 25.1. The molecule has 2 atom stereocenters. The lowest BCUT2D eigenvalue weighted by atomic mass is 9.85. The first kappa shape index (κ1) is 15.9. The van der Waals surface area contributed by atoms with Gasteiger partial charge < -0.3 is 9.47 Å². The number of hydrogen-bond donors (Lipinski definition) is 0. The van der Waals surface area contributed by atoms with Crippen molar-refractivity contribution in [2.75, 3.05) is 7.11 Å². The minimum atomic E-state index is -0.304. The highest BCUT2D eigenvalue weighted by molar-refractivity contribution is 5.76. The van der Waals surface area contributed by atoms with Gasteiger partial charge in [0.25, 0.3) is 0 Å². The van der Waals surface area contributed by atoms with Crippen LogP contribution in [0.1, 0.15) is 45.6 Å². The van der Waals surface area contributed by atoms with E-state index in [-0.39, 0.29) is 11.4 Å². The number of benzene rings is 1. The first-order valence-electron chi connectivity index (χ1n) is 7.75. The molecule has 1 aromatic carbocycles. The summed E-state index contributed by atoms with van der Waals surface area (Å²) in [5.41, 5.74) is 0.688. The second-order valence-electron chi connectivity index (χ2n) is 6.73. The molecule has 1 aliphatic rings. The van der Waals surface area contributed by atoms with E-state index < -0.39 is 0 Å². The molecular weight excluding hydrogens is 264 g/mol. The van der Waals surface area contributed by atoms with Gasteiger partial charge in [-0.15, -0.1) is 0 Å². The summed E-state index contributed by atoms with van der Waals surface area (Å²) in [4.78, 5) is 12.4. The van der Waals surface area contributed by atoms with E-state index in [1.165, 1.54) is 0 Å². The molecule has 2 unspecified atom stereocenters. The highest BCUT2D eigenvalue weighted by atomic mass is 16.5. The van der Waals surface area contributed by atoms with Crippen LogP contribution in [0.15, 0.2) is 24.3 Å².